The van der Waals surface area contributed by atoms with E-state index in [9.17, 15) is 4.79 Å². The summed E-state index contributed by atoms with van der Waals surface area (Å²) in [5.41, 5.74) is 2.17. The van der Waals surface area contributed by atoms with Crippen LogP contribution in [-0.2, 0) is 4.79 Å². The van der Waals surface area contributed by atoms with Gasteiger partial charge in [-0.05, 0) is 37.6 Å². The summed E-state index contributed by atoms with van der Waals surface area (Å²) in [5.74, 6) is 0.224. The minimum absolute atomic E-state index is 0.224. The maximum atomic E-state index is 12.0. The molecule has 0 saturated carbocycles. The van der Waals surface area contributed by atoms with Crippen LogP contribution in [0.25, 0.3) is 0 Å². The lowest BCUT2D eigenvalue weighted by Gasteiger charge is -2.25. The van der Waals surface area contributed by atoms with Crippen LogP contribution in [0.2, 0.25) is 0 Å². The summed E-state index contributed by atoms with van der Waals surface area (Å²) in [5, 5.41) is 3.33. The predicted octanol–water partition coefficient (Wildman–Crippen LogP) is 2.47. The lowest BCUT2D eigenvalue weighted by atomic mass is 10.2. The quantitative estimate of drug-likeness (QED) is 0.863. The number of carbonyl (C=O) groups excluding carboxylic acids is 1. The fourth-order valence-corrected chi connectivity index (χ4v) is 2.33. The number of nitrogens with one attached hydrogen (secondary N) is 1. The highest BCUT2D eigenvalue weighted by Crippen LogP contribution is 2.24. The smallest absolute Gasteiger partial charge is 0.227 e. The number of amides is 1. The van der Waals surface area contributed by atoms with Crippen LogP contribution < -0.4 is 10.2 Å². The highest BCUT2D eigenvalue weighted by Gasteiger charge is 2.17. The van der Waals surface area contributed by atoms with Gasteiger partial charge < -0.3 is 10.2 Å². The summed E-state index contributed by atoms with van der Waals surface area (Å²) in [7, 11) is 0. The van der Waals surface area contributed by atoms with Crippen molar-refractivity contribution in [1.82, 2.24) is 5.32 Å². The first-order chi connectivity index (χ1) is 8.18. The molecule has 0 atom stereocenters. The second kappa shape index (κ2) is 5.65. The maximum absolute atomic E-state index is 12.0. The number of benzene rings is 1. The molecule has 0 bridgehead atoms. The molecule has 0 spiro atoms. The molecule has 1 aromatic carbocycles. The number of carbonyl (C=O) groups is 1. The van der Waals surface area contributed by atoms with E-state index in [0.717, 1.165) is 36.2 Å². The van der Waals surface area contributed by atoms with Crippen molar-refractivity contribution in [3.63, 3.8) is 0 Å². The Morgan fingerprint density at radius 1 is 1.35 bits per heavy atom. The maximum Gasteiger partial charge on any atom is 0.227 e. The molecular formula is C13H17BrN2O. The summed E-state index contributed by atoms with van der Waals surface area (Å²) in [6, 6.07) is 6.08. The fourth-order valence-electron chi connectivity index (χ4n) is 1.96. The normalized spacial score (nSPS) is 17.8. The lowest BCUT2D eigenvalue weighted by Crippen LogP contribution is -2.39. The van der Waals surface area contributed by atoms with Crippen LogP contribution in [0.3, 0.4) is 0 Å². The van der Waals surface area contributed by atoms with Gasteiger partial charge >= 0.3 is 0 Å². The summed E-state index contributed by atoms with van der Waals surface area (Å²) >= 11 is 3.51. The highest BCUT2D eigenvalue weighted by atomic mass is 79.9. The second-order valence-electron chi connectivity index (χ2n) is 4.33. The van der Waals surface area contributed by atoms with Crippen LogP contribution in [-0.4, -0.2) is 25.5 Å². The third-order valence-corrected chi connectivity index (χ3v) is 3.88. The zero-order chi connectivity index (χ0) is 12.3. The molecule has 1 aliphatic rings. The van der Waals surface area contributed by atoms with Crippen LogP contribution in [0, 0.1) is 6.92 Å². The third-order valence-electron chi connectivity index (χ3n) is 3.02. The Kier molecular flexibility index (Phi) is 4.18. The molecule has 0 unspecified atom stereocenters. The van der Waals surface area contributed by atoms with Gasteiger partial charge in [-0.3, -0.25) is 4.79 Å². The van der Waals surface area contributed by atoms with E-state index in [1.165, 1.54) is 5.56 Å². The fraction of sp³-hybridized carbons (Fsp3) is 0.462. The van der Waals surface area contributed by atoms with Crippen molar-refractivity contribution in [3.8, 4) is 0 Å². The SMILES string of the molecule is Cc1ccc(N2CCNCCCC2=O)cc1Br. The number of halogens is 1. The zero-order valence-corrected chi connectivity index (χ0v) is 11.6. The van der Waals surface area contributed by atoms with E-state index >= 15 is 0 Å². The molecule has 1 heterocycles. The molecule has 1 saturated heterocycles. The van der Waals surface area contributed by atoms with Gasteiger partial charge in [-0.25, -0.2) is 0 Å². The van der Waals surface area contributed by atoms with E-state index in [1.54, 1.807) is 0 Å². The average Bonchev–Trinajstić information content (AvgIpc) is 2.28. The number of nitrogens with zero attached hydrogens (tertiary/aromatic N) is 1. The van der Waals surface area contributed by atoms with Crippen molar-refractivity contribution < 1.29 is 4.79 Å². The number of anilines is 1. The predicted molar refractivity (Wildman–Crippen MR) is 73.3 cm³/mol. The minimum Gasteiger partial charge on any atom is -0.315 e. The largest absolute Gasteiger partial charge is 0.315 e. The van der Waals surface area contributed by atoms with Crippen molar-refractivity contribution >= 4 is 27.5 Å². The molecule has 1 fully saturated rings. The first-order valence-corrected chi connectivity index (χ1v) is 6.75. The van der Waals surface area contributed by atoms with Gasteiger partial charge in [0.05, 0.1) is 0 Å². The van der Waals surface area contributed by atoms with Crippen molar-refractivity contribution in [2.24, 2.45) is 0 Å². The molecule has 1 aliphatic heterocycles. The van der Waals surface area contributed by atoms with Crippen molar-refractivity contribution in [3.05, 3.63) is 28.2 Å². The Bertz CT molecular complexity index is 420. The van der Waals surface area contributed by atoms with Gasteiger partial charge in [0.15, 0.2) is 0 Å². The Labute approximate surface area is 110 Å². The summed E-state index contributed by atoms with van der Waals surface area (Å²) < 4.78 is 1.05. The third kappa shape index (κ3) is 3.07. The molecule has 0 aromatic heterocycles. The number of hydrogen-bond donors (Lipinski definition) is 1. The van der Waals surface area contributed by atoms with E-state index in [1.807, 2.05) is 30.0 Å². The van der Waals surface area contributed by atoms with Gasteiger partial charge in [-0.15, -0.1) is 0 Å². The Balaban J connectivity index is 2.22. The van der Waals surface area contributed by atoms with Crippen LogP contribution in [0.4, 0.5) is 5.69 Å². The molecular weight excluding hydrogens is 280 g/mol. The van der Waals surface area contributed by atoms with Gasteiger partial charge in [0, 0.05) is 29.7 Å². The molecule has 92 valence electrons. The monoisotopic (exact) mass is 296 g/mol. The molecule has 0 radical (unpaired) electrons. The average molecular weight is 297 g/mol. The molecule has 17 heavy (non-hydrogen) atoms. The van der Waals surface area contributed by atoms with E-state index in [-0.39, 0.29) is 5.91 Å². The van der Waals surface area contributed by atoms with Crippen LogP contribution in [0.1, 0.15) is 18.4 Å². The molecule has 3 nitrogen and oxygen atoms in total. The first kappa shape index (κ1) is 12.6. The van der Waals surface area contributed by atoms with Crippen molar-refractivity contribution in [2.45, 2.75) is 19.8 Å². The van der Waals surface area contributed by atoms with E-state index in [2.05, 4.69) is 21.2 Å². The summed E-state index contributed by atoms with van der Waals surface area (Å²) in [6.45, 7) is 4.59. The van der Waals surface area contributed by atoms with Crippen LogP contribution in [0.15, 0.2) is 22.7 Å². The topological polar surface area (TPSA) is 32.3 Å². The molecule has 0 aliphatic carbocycles. The standard InChI is InChI=1S/C13H17BrN2O/c1-10-4-5-11(9-12(10)14)16-8-7-15-6-2-3-13(16)17/h4-5,9,15H,2-3,6-8H2,1H3. The van der Waals surface area contributed by atoms with Gasteiger partial charge in [0.1, 0.15) is 0 Å². The van der Waals surface area contributed by atoms with Gasteiger partial charge in [-0.2, -0.15) is 0 Å². The molecule has 1 aromatic rings. The van der Waals surface area contributed by atoms with Crippen LogP contribution >= 0.6 is 15.9 Å². The van der Waals surface area contributed by atoms with Gasteiger partial charge in [-0.1, -0.05) is 22.0 Å². The van der Waals surface area contributed by atoms with Crippen molar-refractivity contribution in [1.29, 1.82) is 0 Å². The van der Waals surface area contributed by atoms with E-state index < -0.39 is 0 Å². The Morgan fingerprint density at radius 2 is 2.18 bits per heavy atom. The molecule has 4 heteroatoms. The number of hydrogen-bond acceptors (Lipinski definition) is 2. The van der Waals surface area contributed by atoms with Gasteiger partial charge in [0.2, 0.25) is 5.91 Å². The highest BCUT2D eigenvalue weighted by molar-refractivity contribution is 9.10. The molecule has 2 rings (SSSR count). The Hall–Kier alpha value is -0.870. The van der Waals surface area contributed by atoms with Crippen LogP contribution in [0.5, 0.6) is 0 Å². The summed E-state index contributed by atoms with van der Waals surface area (Å²) in [6.07, 6.45) is 1.54. The summed E-state index contributed by atoms with van der Waals surface area (Å²) in [4.78, 5) is 13.9. The number of rotatable bonds is 1. The molecule has 1 N–H and O–H groups in total. The first-order valence-electron chi connectivity index (χ1n) is 5.96. The lowest BCUT2D eigenvalue weighted by molar-refractivity contribution is -0.118. The van der Waals surface area contributed by atoms with Gasteiger partial charge in [0.25, 0.3) is 0 Å². The van der Waals surface area contributed by atoms with Crippen molar-refractivity contribution in [2.75, 3.05) is 24.5 Å². The number of aryl methyl sites for hydroxylation is 1. The Morgan fingerprint density at radius 3 is 2.94 bits per heavy atom. The molecule has 1 amide bonds. The van der Waals surface area contributed by atoms with E-state index in [0.29, 0.717) is 6.42 Å². The second-order valence-corrected chi connectivity index (χ2v) is 5.19. The zero-order valence-electron chi connectivity index (χ0n) is 10.0. The minimum atomic E-state index is 0.224. The van der Waals surface area contributed by atoms with E-state index in [4.69, 9.17) is 0 Å².